The Kier molecular flexibility index (Phi) is 5.27. The van der Waals surface area contributed by atoms with Gasteiger partial charge in [0.05, 0.1) is 0 Å². The molecule has 1 amide bonds. The van der Waals surface area contributed by atoms with Crippen LogP contribution in [0.15, 0.2) is 42.5 Å². The summed E-state index contributed by atoms with van der Waals surface area (Å²) in [6.07, 6.45) is 0. The zero-order valence-electron chi connectivity index (χ0n) is 14.4. The molecule has 26 heavy (non-hydrogen) atoms. The SMILES string of the molecule is Cc1ccc(-c2nnn(CC(=O)N(C)Cc3c(F)cccc3Cl)n2)cc1. The van der Waals surface area contributed by atoms with Crippen LogP contribution in [0, 0.1) is 12.7 Å². The lowest BCUT2D eigenvalue weighted by Crippen LogP contribution is -2.31. The average molecular weight is 374 g/mol. The topological polar surface area (TPSA) is 63.9 Å². The van der Waals surface area contributed by atoms with Crippen molar-refractivity contribution in [3.8, 4) is 11.4 Å². The molecule has 0 aliphatic heterocycles. The van der Waals surface area contributed by atoms with E-state index in [1.165, 1.54) is 21.8 Å². The molecule has 0 N–H and O–H groups in total. The summed E-state index contributed by atoms with van der Waals surface area (Å²) >= 11 is 6.00. The number of carbonyl (C=O) groups is 1. The Bertz CT molecular complexity index is 905. The standard InChI is InChI=1S/C18H17ClFN5O/c1-12-6-8-13(9-7-12)18-21-23-25(22-18)11-17(26)24(2)10-14-15(19)4-3-5-16(14)20/h3-9H,10-11H2,1-2H3. The maximum atomic E-state index is 13.9. The van der Waals surface area contributed by atoms with Crippen LogP contribution in [0.5, 0.6) is 0 Å². The number of tetrazole rings is 1. The minimum absolute atomic E-state index is 0.0594. The third-order valence-corrected chi connectivity index (χ3v) is 4.28. The van der Waals surface area contributed by atoms with Crippen molar-refractivity contribution in [2.45, 2.75) is 20.0 Å². The summed E-state index contributed by atoms with van der Waals surface area (Å²) < 4.78 is 13.9. The molecule has 0 saturated carbocycles. The number of hydrogen-bond acceptors (Lipinski definition) is 4. The second-order valence-electron chi connectivity index (χ2n) is 5.96. The summed E-state index contributed by atoms with van der Waals surface area (Å²) in [5.74, 6) is -0.285. The largest absolute Gasteiger partial charge is 0.340 e. The van der Waals surface area contributed by atoms with Crippen LogP contribution in [0.4, 0.5) is 4.39 Å². The quantitative estimate of drug-likeness (QED) is 0.689. The summed E-state index contributed by atoms with van der Waals surface area (Å²) in [5, 5.41) is 12.4. The monoisotopic (exact) mass is 373 g/mol. The van der Waals surface area contributed by atoms with E-state index in [2.05, 4.69) is 15.4 Å². The molecule has 0 saturated heterocycles. The summed E-state index contributed by atoms with van der Waals surface area (Å²) in [6, 6.07) is 12.1. The maximum Gasteiger partial charge on any atom is 0.246 e. The smallest absolute Gasteiger partial charge is 0.246 e. The molecular formula is C18H17ClFN5O. The molecule has 2 aromatic carbocycles. The lowest BCUT2D eigenvalue weighted by atomic mass is 10.1. The van der Waals surface area contributed by atoms with Crippen LogP contribution in [0.2, 0.25) is 5.02 Å². The third kappa shape index (κ3) is 4.05. The molecule has 1 aromatic heterocycles. The number of aryl methyl sites for hydroxylation is 1. The minimum atomic E-state index is -0.447. The van der Waals surface area contributed by atoms with Gasteiger partial charge in [-0.25, -0.2) is 4.39 Å². The molecule has 3 rings (SSSR count). The Balaban J connectivity index is 1.67. The Labute approximate surface area is 155 Å². The Morgan fingerprint density at radius 3 is 2.65 bits per heavy atom. The molecule has 0 fully saturated rings. The fourth-order valence-corrected chi connectivity index (χ4v) is 2.60. The number of nitrogens with zero attached hydrogens (tertiary/aromatic N) is 5. The van der Waals surface area contributed by atoms with Crippen molar-refractivity contribution in [3.05, 3.63) is 64.4 Å². The highest BCUT2D eigenvalue weighted by Crippen LogP contribution is 2.20. The van der Waals surface area contributed by atoms with E-state index in [-0.39, 0.29) is 29.6 Å². The molecule has 134 valence electrons. The normalized spacial score (nSPS) is 10.8. The van der Waals surface area contributed by atoms with Gasteiger partial charge in [-0.2, -0.15) is 4.80 Å². The van der Waals surface area contributed by atoms with Gasteiger partial charge in [-0.15, -0.1) is 10.2 Å². The van der Waals surface area contributed by atoms with Crippen LogP contribution >= 0.6 is 11.6 Å². The zero-order valence-corrected chi connectivity index (χ0v) is 15.1. The van der Waals surface area contributed by atoms with E-state index in [1.54, 1.807) is 13.1 Å². The second kappa shape index (κ2) is 7.61. The average Bonchev–Trinajstić information content (AvgIpc) is 3.07. The fourth-order valence-electron chi connectivity index (χ4n) is 2.38. The van der Waals surface area contributed by atoms with E-state index in [1.807, 2.05) is 31.2 Å². The van der Waals surface area contributed by atoms with Gasteiger partial charge >= 0.3 is 0 Å². The van der Waals surface area contributed by atoms with Crippen molar-refractivity contribution in [1.82, 2.24) is 25.1 Å². The molecular weight excluding hydrogens is 357 g/mol. The van der Waals surface area contributed by atoms with Crippen molar-refractivity contribution in [2.24, 2.45) is 0 Å². The van der Waals surface area contributed by atoms with Crippen molar-refractivity contribution in [1.29, 1.82) is 0 Å². The predicted molar refractivity (Wildman–Crippen MR) is 95.9 cm³/mol. The summed E-state index contributed by atoms with van der Waals surface area (Å²) in [5.41, 5.74) is 2.22. The Morgan fingerprint density at radius 1 is 1.23 bits per heavy atom. The van der Waals surface area contributed by atoms with Gasteiger partial charge in [0.2, 0.25) is 11.7 Å². The predicted octanol–water partition coefficient (Wildman–Crippen LogP) is 3.10. The highest BCUT2D eigenvalue weighted by atomic mass is 35.5. The van der Waals surface area contributed by atoms with Crippen LogP contribution in [-0.2, 0) is 17.9 Å². The van der Waals surface area contributed by atoms with E-state index in [0.29, 0.717) is 5.82 Å². The van der Waals surface area contributed by atoms with Gasteiger partial charge in [0.1, 0.15) is 12.4 Å². The van der Waals surface area contributed by atoms with Crippen LogP contribution in [-0.4, -0.2) is 38.1 Å². The van der Waals surface area contributed by atoms with Crippen LogP contribution in [0.25, 0.3) is 11.4 Å². The van der Waals surface area contributed by atoms with Crippen molar-refractivity contribution in [3.63, 3.8) is 0 Å². The molecule has 0 aliphatic carbocycles. The number of aromatic nitrogens is 4. The zero-order chi connectivity index (χ0) is 18.7. The van der Waals surface area contributed by atoms with Crippen molar-refractivity contribution in [2.75, 3.05) is 7.05 Å². The molecule has 0 spiro atoms. The molecule has 0 atom stereocenters. The van der Waals surface area contributed by atoms with Gasteiger partial charge in [-0.1, -0.05) is 47.5 Å². The molecule has 8 heteroatoms. The first-order valence-corrected chi connectivity index (χ1v) is 8.33. The maximum absolute atomic E-state index is 13.9. The van der Waals surface area contributed by atoms with Gasteiger partial charge in [0, 0.05) is 29.7 Å². The molecule has 3 aromatic rings. The Hall–Kier alpha value is -2.80. The summed E-state index contributed by atoms with van der Waals surface area (Å²) in [7, 11) is 1.57. The van der Waals surface area contributed by atoms with E-state index in [9.17, 15) is 9.18 Å². The molecule has 0 radical (unpaired) electrons. The Morgan fingerprint density at radius 2 is 1.96 bits per heavy atom. The van der Waals surface area contributed by atoms with E-state index >= 15 is 0 Å². The van der Waals surface area contributed by atoms with E-state index < -0.39 is 5.82 Å². The highest BCUT2D eigenvalue weighted by Gasteiger charge is 2.16. The van der Waals surface area contributed by atoms with Gasteiger partial charge in [-0.05, 0) is 24.3 Å². The number of hydrogen-bond donors (Lipinski definition) is 0. The fraction of sp³-hybridized carbons (Fsp3) is 0.222. The third-order valence-electron chi connectivity index (χ3n) is 3.92. The number of rotatable bonds is 5. The van der Waals surface area contributed by atoms with Gasteiger partial charge in [-0.3, -0.25) is 4.79 Å². The first-order valence-electron chi connectivity index (χ1n) is 7.96. The minimum Gasteiger partial charge on any atom is -0.340 e. The lowest BCUT2D eigenvalue weighted by molar-refractivity contribution is -0.131. The summed E-state index contributed by atoms with van der Waals surface area (Å²) in [4.78, 5) is 15.0. The molecule has 1 heterocycles. The lowest BCUT2D eigenvalue weighted by Gasteiger charge is -2.18. The van der Waals surface area contributed by atoms with E-state index in [4.69, 9.17) is 11.6 Å². The van der Waals surface area contributed by atoms with Crippen LogP contribution < -0.4 is 0 Å². The van der Waals surface area contributed by atoms with E-state index in [0.717, 1.165) is 11.1 Å². The van der Waals surface area contributed by atoms with Crippen molar-refractivity contribution >= 4 is 17.5 Å². The number of likely N-dealkylation sites (N-methyl/N-ethyl adjacent to an activating group) is 1. The van der Waals surface area contributed by atoms with Gasteiger partial charge in [0.25, 0.3) is 0 Å². The molecule has 0 unspecified atom stereocenters. The van der Waals surface area contributed by atoms with Crippen LogP contribution in [0.1, 0.15) is 11.1 Å². The highest BCUT2D eigenvalue weighted by molar-refractivity contribution is 6.31. The van der Waals surface area contributed by atoms with Crippen LogP contribution in [0.3, 0.4) is 0 Å². The van der Waals surface area contributed by atoms with Crippen molar-refractivity contribution < 1.29 is 9.18 Å². The second-order valence-corrected chi connectivity index (χ2v) is 6.37. The number of benzene rings is 2. The number of carbonyl (C=O) groups excluding carboxylic acids is 1. The number of amides is 1. The van der Waals surface area contributed by atoms with Gasteiger partial charge < -0.3 is 4.90 Å². The van der Waals surface area contributed by atoms with Gasteiger partial charge in [0.15, 0.2) is 0 Å². The first-order chi connectivity index (χ1) is 12.4. The summed E-state index contributed by atoms with van der Waals surface area (Å²) in [6.45, 7) is 1.95. The first kappa shape index (κ1) is 18.0. The molecule has 6 nitrogen and oxygen atoms in total. The molecule has 0 aliphatic rings. The number of halogens is 2. The molecule has 0 bridgehead atoms.